The Labute approximate surface area is 87.5 Å². The summed E-state index contributed by atoms with van der Waals surface area (Å²) in [7, 11) is 0. The van der Waals surface area contributed by atoms with Gasteiger partial charge in [0.05, 0.1) is 5.39 Å². The van der Waals surface area contributed by atoms with Crippen LogP contribution >= 0.6 is 0 Å². The lowest BCUT2D eigenvalue weighted by Crippen LogP contribution is -2.10. The van der Waals surface area contributed by atoms with Gasteiger partial charge in [0.2, 0.25) is 0 Å². The molecule has 0 fully saturated rings. The predicted octanol–water partition coefficient (Wildman–Crippen LogP) is 2.67. The fraction of sp³-hybridized carbons (Fsp3) is 0.308. The van der Waals surface area contributed by atoms with Gasteiger partial charge in [-0.05, 0) is 36.3 Å². The van der Waals surface area contributed by atoms with Crippen LogP contribution in [-0.2, 0) is 12.8 Å². The Morgan fingerprint density at radius 2 is 1.73 bits per heavy atom. The third-order valence-corrected chi connectivity index (χ3v) is 3.11. The fourth-order valence-electron chi connectivity index (χ4n) is 2.37. The van der Waals surface area contributed by atoms with E-state index in [2.05, 4.69) is 0 Å². The van der Waals surface area contributed by atoms with Crippen molar-refractivity contribution in [2.75, 3.05) is 0 Å². The SMILES string of the molecule is O=c1oc2c(c3ccccc13)CCCC2. The molecule has 1 heterocycles. The first-order valence-electron chi connectivity index (χ1n) is 5.40. The maximum absolute atomic E-state index is 11.7. The first kappa shape index (κ1) is 8.72. The zero-order valence-corrected chi connectivity index (χ0v) is 8.45. The van der Waals surface area contributed by atoms with Crippen molar-refractivity contribution in [3.05, 3.63) is 46.0 Å². The largest absolute Gasteiger partial charge is 0.427 e. The van der Waals surface area contributed by atoms with E-state index in [-0.39, 0.29) is 5.63 Å². The summed E-state index contributed by atoms with van der Waals surface area (Å²) in [4.78, 5) is 11.7. The molecule has 0 bridgehead atoms. The average Bonchev–Trinajstić information content (AvgIpc) is 2.30. The van der Waals surface area contributed by atoms with Crippen molar-refractivity contribution in [1.29, 1.82) is 0 Å². The second kappa shape index (κ2) is 3.23. The summed E-state index contributed by atoms with van der Waals surface area (Å²) in [5.41, 5.74) is 1.06. The van der Waals surface area contributed by atoms with E-state index in [1.165, 1.54) is 12.0 Å². The number of aryl methyl sites for hydroxylation is 2. The molecule has 2 aromatic rings. The van der Waals surface area contributed by atoms with Gasteiger partial charge in [0.1, 0.15) is 5.76 Å². The Hall–Kier alpha value is -1.57. The van der Waals surface area contributed by atoms with E-state index in [1.54, 1.807) is 0 Å². The molecular weight excluding hydrogens is 188 g/mol. The summed E-state index contributed by atoms with van der Waals surface area (Å²) < 4.78 is 5.36. The third-order valence-electron chi connectivity index (χ3n) is 3.11. The van der Waals surface area contributed by atoms with Crippen LogP contribution in [0.3, 0.4) is 0 Å². The molecule has 0 unspecified atom stereocenters. The second-order valence-electron chi connectivity index (χ2n) is 4.04. The van der Waals surface area contributed by atoms with Crippen LogP contribution in [0.2, 0.25) is 0 Å². The molecule has 1 aliphatic carbocycles. The Kier molecular flexibility index (Phi) is 1.88. The number of hydrogen-bond acceptors (Lipinski definition) is 2. The molecule has 2 nitrogen and oxygen atoms in total. The Morgan fingerprint density at radius 1 is 1.00 bits per heavy atom. The molecule has 0 saturated carbocycles. The van der Waals surface area contributed by atoms with E-state index < -0.39 is 0 Å². The van der Waals surface area contributed by atoms with Gasteiger partial charge in [-0.1, -0.05) is 18.2 Å². The van der Waals surface area contributed by atoms with E-state index in [4.69, 9.17) is 4.42 Å². The monoisotopic (exact) mass is 200 g/mol. The van der Waals surface area contributed by atoms with Crippen molar-refractivity contribution >= 4 is 10.8 Å². The molecule has 76 valence electrons. The molecule has 1 aromatic carbocycles. The molecule has 0 amide bonds. The van der Waals surface area contributed by atoms with Gasteiger partial charge in [-0.25, -0.2) is 4.79 Å². The number of rotatable bonds is 0. The molecule has 1 aromatic heterocycles. The zero-order valence-electron chi connectivity index (χ0n) is 8.45. The second-order valence-corrected chi connectivity index (χ2v) is 4.04. The first-order valence-corrected chi connectivity index (χ1v) is 5.40. The maximum Gasteiger partial charge on any atom is 0.343 e. The van der Waals surface area contributed by atoms with Gasteiger partial charge in [-0.3, -0.25) is 0 Å². The lowest BCUT2D eigenvalue weighted by atomic mass is 9.93. The summed E-state index contributed by atoms with van der Waals surface area (Å²) in [6.07, 6.45) is 4.29. The quantitative estimate of drug-likeness (QED) is 0.654. The molecule has 1 aliphatic rings. The summed E-state index contributed by atoms with van der Waals surface area (Å²) in [5, 5.41) is 1.81. The molecule has 0 N–H and O–H groups in total. The van der Waals surface area contributed by atoms with Gasteiger partial charge in [-0.2, -0.15) is 0 Å². The van der Waals surface area contributed by atoms with Crippen molar-refractivity contribution in [3.8, 4) is 0 Å². The molecular formula is C13H12O2. The average molecular weight is 200 g/mol. The molecule has 0 radical (unpaired) electrons. The summed E-state index contributed by atoms with van der Waals surface area (Å²) in [6.45, 7) is 0. The number of fused-ring (bicyclic) bond motifs is 3. The molecule has 0 spiro atoms. The maximum atomic E-state index is 11.7. The van der Waals surface area contributed by atoms with Crippen molar-refractivity contribution < 1.29 is 4.42 Å². The summed E-state index contributed by atoms with van der Waals surface area (Å²) >= 11 is 0. The van der Waals surface area contributed by atoms with Gasteiger partial charge >= 0.3 is 5.63 Å². The fourth-order valence-corrected chi connectivity index (χ4v) is 2.37. The number of hydrogen-bond donors (Lipinski definition) is 0. The topological polar surface area (TPSA) is 30.2 Å². The van der Waals surface area contributed by atoms with Crippen LogP contribution in [0.5, 0.6) is 0 Å². The van der Waals surface area contributed by atoms with Crippen molar-refractivity contribution in [3.63, 3.8) is 0 Å². The molecule has 0 aliphatic heterocycles. The Morgan fingerprint density at radius 3 is 2.60 bits per heavy atom. The molecule has 0 atom stereocenters. The molecule has 3 rings (SSSR count). The lowest BCUT2D eigenvalue weighted by molar-refractivity contribution is 0.436. The standard InChI is InChI=1S/C13H12O2/c14-13-11-7-2-1-5-9(11)10-6-3-4-8-12(10)15-13/h1-2,5,7H,3-4,6,8H2. The Bertz CT molecular complexity index is 566. The van der Waals surface area contributed by atoms with Gasteiger partial charge in [0.25, 0.3) is 0 Å². The molecule has 0 saturated heterocycles. The van der Waals surface area contributed by atoms with Gasteiger partial charge in [-0.15, -0.1) is 0 Å². The predicted molar refractivity (Wildman–Crippen MR) is 59.1 cm³/mol. The summed E-state index contributed by atoms with van der Waals surface area (Å²) in [5.74, 6) is 0.907. The van der Waals surface area contributed by atoms with Gasteiger partial charge < -0.3 is 4.42 Å². The molecule has 15 heavy (non-hydrogen) atoms. The highest BCUT2D eigenvalue weighted by molar-refractivity contribution is 5.84. The van der Waals surface area contributed by atoms with Crippen LogP contribution in [0.4, 0.5) is 0 Å². The minimum absolute atomic E-state index is 0.189. The molecule has 2 heteroatoms. The van der Waals surface area contributed by atoms with E-state index in [0.717, 1.165) is 35.8 Å². The van der Waals surface area contributed by atoms with Crippen molar-refractivity contribution in [1.82, 2.24) is 0 Å². The summed E-state index contributed by atoms with van der Waals surface area (Å²) in [6, 6.07) is 7.73. The van der Waals surface area contributed by atoms with Crippen molar-refractivity contribution in [2.45, 2.75) is 25.7 Å². The minimum Gasteiger partial charge on any atom is -0.427 e. The van der Waals surface area contributed by atoms with Crippen LogP contribution in [0.25, 0.3) is 10.8 Å². The normalized spacial score (nSPS) is 15.2. The van der Waals surface area contributed by atoms with Gasteiger partial charge in [0, 0.05) is 6.42 Å². The van der Waals surface area contributed by atoms with Crippen LogP contribution < -0.4 is 5.63 Å². The van der Waals surface area contributed by atoms with Crippen molar-refractivity contribution in [2.24, 2.45) is 0 Å². The smallest absolute Gasteiger partial charge is 0.343 e. The van der Waals surface area contributed by atoms with Crippen LogP contribution in [0.15, 0.2) is 33.5 Å². The van der Waals surface area contributed by atoms with Crippen LogP contribution in [0.1, 0.15) is 24.2 Å². The van der Waals surface area contributed by atoms with Crippen LogP contribution in [0, 0.1) is 0 Å². The van der Waals surface area contributed by atoms with E-state index in [9.17, 15) is 4.79 Å². The van der Waals surface area contributed by atoms with E-state index in [0.29, 0.717) is 0 Å². The zero-order chi connectivity index (χ0) is 10.3. The minimum atomic E-state index is -0.189. The highest BCUT2D eigenvalue weighted by Crippen LogP contribution is 2.26. The first-order chi connectivity index (χ1) is 7.36. The highest BCUT2D eigenvalue weighted by atomic mass is 16.4. The Balaban J connectivity index is 2.45. The third kappa shape index (κ3) is 1.29. The van der Waals surface area contributed by atoms with E-state index >= 15 is 0 Å². The van der Waals surface area contributed by atoms with E-state index in [1.807, 2.05) is 24.3 Å². The van der Waals surface area contributed by atoms with Gasteiger partial charge in [0.15, 0.2) is 0 Å². The lowest BCUT2D eigenvalue weighted by Gasteiger charge is -2.15. The number of benzene rings is 1. The van der Waals surface area contributed by atoms with Crippen LogP contribution in [-0.4, -0.2) is 0 Å². The highest BCUT2D eigenvalue weighted by Gasteiger charge is 2.16.